The second-order valence-corrected chi connectivity index (χ2v) is 4.36. The lowest BCUT2D eigenvalue weighted by Crippen LogP contribution is -2.31. The van der Waals surface area contributed by atoms with Crippen molar-refractivity contribution in [2.24, 2.45) is 0 Å². The van der Waals surface area contributed by atoms with Crippen LogP contribution < -0.4 is 0 Å². The lowest BCUT2D eigenvalue weighted by molar-refractivity contribution is -0.578. The number of hydrogen-bond donors (Lipinski definition) is 0. The van der Waals surface area contributed by atoms with E-state index in [0.29, 0.717) is 12.8 Å². The summed E-state index contributed by atoms with van der Waals surface area (Å²) in [7, 11) is 0. The fraction of sp³-hybridized carbons (Fsp3) is 0.500. The minimum absolute atomic E-state index is 0.0926. The van der Waals surface area contributed by atoms with Crippen LogP contribution >= 0.6 is 0 Å². The standard InChI is InChI=1S/C12H15NO2/c1-10-4-6-11(7-5-10)12(13(14)15)8-2-3-9-12/h4-7H,2-3,8-9H2,1H3. The highest BCUT2D eigenvalue weighted by Crippen LogP contribution is 2.41. The Bertz CT molecular complexity index is 364. The molecule has 1 aromatic rings. The molecule has 80 valence electrons. The van der Waals surface area contributed by atoms with Crippen LogP contribution in [0.2, 0.25) is 0 Å². The van der Waals surface area contributed by atoms with Gasteiger partial charge in [-0.1, -0.05) is 29.8 Å². The van der Waals surface area contributed by atoms with E-state index in [1.807, 2.05) is 31.2 Å². The van der Waals surface area contributed by atoms with Crippen molar-refractivity contribution < 1.29 is 4.92 Å². The van der Waals surface area contributed by atoms with Crippen molar-refractivity contribution in [3.8, 4) is 0 Å². The van der Waals surface area contributed by atoms with E-state index >= 15 is 0 Å². The van der Waals surface area contributed by atoms with Gasteiger partial charge in [-0.15, -0.1) is 0 Å². The molecular weight excluding hydrogens is 190 g/mol. The molecule has 1 aromatic carbocycles. The molecule has 0 N–H and O–H groups in total. The molecule has 0 atom stereocenters. The minimum Gasteiger partial charge on any atom is -0.264 e. The maximum absolute atomic E-state index is 11.2. The first-order valence-corrected chi connectivity index (χ1v) is 5.37. The van der Waals surface area contributed by atoms with Crippen LogP contribution in [0.1, 0.15) is 36.8 Å². The van der Waals surface area contributed by atoms with Crippen LogP contribution in [-0.4, -0.2) is 4.92 Å². The van der Waals surface area contributed by atoms with Gasteiger partial charge in [0.15, 0.2) is 0 Å². The molecule has 3 nitrogen and oxygen atoms in total. The quantitative estimate of drug-likeness (QED) is 0.550. The second-order valence-electron chi connectivity index (χ2n) is 4.36. The lowest BCUT2D eigenvalue weighted by atomic mass is 9.88. The summed E-state index contributed by atoms with van der Waals surface area (Å²) in [6.07, 6.45) is 3.30. The number of benzene rings is 1. The van der Waals surface area contributed by atoms with E-state index in [1.165, 1.54) is 0 Å². The normalized spacial score (nSPS) is 19.0. The molecule has 15 heavy (non-hydrogen) atoms. The predicted octanol–water partition coefficient (Wildman–Crippen LogP) is 3.04. The van der Waals surface area contributed by atoms with E-state index in [1.54, 1.807) is 0 Å². The predicted molar refractivity (Wildman–Crippen MR) is 58.3 cm³/mol. The lowest BCUT2D eigenvalue weighted by Gasteiger charge is -2.20. The monoisotopic (exact) mass is 205 g/mol. The molecule has 1 aliphatic carbocycles. The van der Waals surface area contributed by atoms with Crippen molar-refractivity contribution in [3.05, 3.63) is 45.5 Å². The summed E-state index contributed by atoms with van der Waals surface area (Å²) < 4.78 is 0. The van der Waals surface area contributed by atoms with Crippen molar-refractivity contribution in [1.29, 1.82) is 0 Å². The van der Waals surface area contributed by atoms with Crippen LogP contribution in [-0.2, 0) is 5.54 Å². The van der Waals surface area contributed by atoms with Crippen LogP contribution in [0.4, 0.5) is 0 Å². The molecule has 1 saturated carbocycles. The van der Waals surface area contributed by atoms with Crippen LogP contribution in [0, 0.1) is 17.0 Å². The van der Waals surface area contributed by atoms with Gasteiger partial charge in [-0.3, -0.25) is 10.1 Å². The van der Waals surface area contributed by atoms with Gasteiger partial charge < -0.3 is 0 Å². The van der Waals surface area contributed by atoms with E-state index in [4.69, 9.17) is 0 Å². The Labute approximate surface area is 89.3 Å². The topological polar surface area (TPSA) is 43.1 Å². The zero-order valence-corrected chi connectivity index (χ0v) is 8.90. The van der Waals surface area contributed by atoms with Gasteiger partial charge in [0, 0.05) is 23.3 Å². The Morgan fingerprint density at radius 1 is 1.20 bits per heavy atom. The van der Waals surface area contributed by atoms with Gasteiger partial charge in [0.25, 0.3) is 0 Å². The number of nitrogens with zero attached hydrogens (tertiary/aromatic N) is 1. The summed E-state index contributed by atoms with van der Waals surface area (Å²) in [4.78, 5) is 11.1. The molecule has 0 aromatic heterocycles. The Morgan fingerprint density at radius 3 is 2.20 bits per heavy atom. The molecule has 0 spiro atoms. The summed E-state index contributed by atoms with van der Waals surface area (Å²) in [6, 6.07) is 7.73. The third-order valence-electron chi connectivity index (χ3n) is 3.37. The summed E-state index contributed by atoms with van der Waals surface area (Å²) in [5, 5.41) is 11.2. The Morgan fingerprint density at radius 2 is 1.73 bits per heavy atom. The zero-order valence-electron chi connectivity index (χ0n) is 8.90. The first-order chi connectivity index (χ1) is 7.15. The molecule has 0 bridgehead atoms. The van der Waals surface area contributed by atoms with Gasteiger partial charge in [-0.2, -0.15) is 0 Å². The molecule has 0 aliphatic heterocycles. The first-order valence-electron chi connectivity index (χ1n) is 5.37. The highest BCUT2D eigenvalue weighted by Gasteiger charge is 2.47. The fourth-order valence-corrected chi connectivity index (χ4v) is 2.40. The fourth-order valence-electron chi connectivity index (χ4n) is 2.40. The number of hydrogen-bond acceptors (Lipinski definition) is 2. The maximum Gasteiger partial charge on any atom is 0.247 e. The summed E-state index contributed by atoms with van der Waals surface area (Å²) in [5.41, 5.74) is 1.22. The van der Waals surface area contributed by atoms with Gasteiger partial charge in [0.05, 0.1) is 0 Å². The Kier molecular flexibility index (Phi) is 2.47. The first kappa shape index (κ1) is 10.1. The SMILES string of the molecule is Cc1ccc(C2([N+](=O)[O-])CCCC2)cc1. The Balaban J connectivity index is 2.41. The zero-order chi connectivity index (χ0) is 10.9. The molecule has 1 fully saturated rings. The van der Waals surface area contributed by atoms with E-state index in [9.17, 15) is 10.1 Å². The van der Waals surface area contributed by atoms with E-state index < -0.39 is 5.54 Å². The second kappa shape index (κ2) is 3.65. The molecule has 0 amide bonds. The molecule has 0 unspecified atom stereocenters. The van der Waals surface area contributed by atoms with Gasteiger partial charge in [0.2, 0.25) is 5.54 Å². The van der Waals surface area contributed by atoms with Gasteiger partial charge in [-0.05, 0) is 19.8 Å². The van der Waals surface area contributed by atoms with Crippen molar-refractivity contribution in [3.63, 3.8) is 0 Å². The number of rotatable bonds is 2. The van der Waals surface area contributed by atoms with Crippen LogP contribution in [0.5, 0.6) is 0 Å². The van der Waals surface area contributed by atoms with Crippen molar-refractivity contribution >= 4 is 0 Å². The average molecular weight is 205 g/mol. The number of nitro groups is 1. The van der Waals surface area contributed by atoms with Crippen LogP contribution in [0.25, 0.3) is 0 Å². The van der Waals surface area contributed by atoms with Crippen molar-refractivity contribution in [1.82, 2.24) is 0 Å². The minimum atomic E-state index is -0.798. The largest absolute Gasteiger partial charge is 0.264 e. The molecular formula is C12H15NO2. The van der Waals surface area contributed by atoms with E-state index in [0.717, 1.165) is 24.0 Å². The van der Waals surface area contributed by atoms with Crippen molar-refractivity contribution in [2.75, 3.05) is 0 Å². The van der Waals surface area contributed by atoms with Crippen LogP contribution in [0.15, 0.2) is 24.3 Å². The summed E-state index contributed by atoms with van der Waals surface area (Å²) in [5.74, 6) is 0. The third kappa shape index (κ3) is 1.62. The molecule has 3 heteroatoms. The van der Waals surface area contributed by atoms with E-state index in [-0.39, 0.29) is 4.92 Å². The van der Waals surface area contributed by atoms with Crippen LogP contribution in [0.3, 0.4) is 0 Å². The average Bonchev–Trinajstić information content (AvgIpc) is 2.69. The smallest absolute Gasteiger partial charge is 0.247 e. The Hall–Kier alpha value is -1.38. The highest BCUT2D eigenvalue weighted by molar-refractivity contribution is 5.27. The maximum atomic E-state index is 11.2. The highest BCUT2D eigenvalue weighted by atomic mass is 16.6. The third-order valence-corrected chi connectivity index (χ3v) is 3.37. The van der Waals surface area contributed by atoms with Crippen molar-refractivity contribution in [2.45, 2.75) is 38.1 Å². The van der Waals surface area contributed by atoms with Gasteiger partial charge in [-0.25, -0.2) is 0 Å². The number of aryl methyl sites for hydroxylation is 1. The molecule has 0 saturated heterocycles. The molecule has 0 heterocycles. The molecule has 1 aliphatic rings. The molecule has 0 radical (unpaired) electrons. The summed E-state index contributed by atoms with van der Waals surface area (Å²) >= 11 is 0. The summed E-state index contributed by atoms with van der Waals surface area (Å²) in [6.45, 7) is 2.00. The van der Waals surface area contributed by atoms with E-state index in [2.05, 4.69) is 0 Å². The van der Waals surface area contributed by atoms with Gasteiger partial charge >= 0.3 is 0 Å². The molecule has 2 rings (SSSR count). The van der Waals surface area contributed by atoms with Gasteiger partial charge in [0.1, 0.15) is 0 Å².